The summed E-state index contributed by atoms with van der Waals surface area (Å²) in [5, 5.41) is 3.47. The molecule has 0 saturated heterocycles. The summed E-state index contributed by atoms with van der Waals surface area (Å²) in [5.41, 5.74) is 10.8. The van der Waals surface area contributed by atoms with E-state index in [1.807, 2.05) is 6.07 Å². The largest absolute Gasteiger partial charge is 0.404 e. The van der Waals surface area contributed by atoms with Crippen LogP contribution in [0.3, 0.4) is 0 Å². The zero-order valence-electron chi connectivity index (χ0n) is 17.6. The standard InChI is InChI=1S/C24H37FN2/c1-5-6-7-8-9-10-12-18(2)21(17-26)24(3,4)27-23-20-14-11-13-19(20)15-16-22(23)25/h12,15-17,27H,5-11,13-14,26H2,1-4H3/b18-12+,21-17-. The van der Waals surface area contributed by atoms with E-state index in [1.54, 1.807) is 12.3 Å². The normalized spacial score (nSPS) is 15.1. The first-order chi connectivity index (χ1) is 12.9. The number of benzene rings is 1. The van der Waals surface area contributed by atoms with E-state index in [2.05, 4.69) is 39.1 Å². The van der Waals surface area contributed by atoms with Crippen molar-refractivity contribution in [3.8, 4) is 0 Å². The number of hydrogen-bond acceptors (Lipinski definition) is 2. The van der Waals surface area contributed by atoms with E-state index >= 15 is 0 Å². The van der Waals surface area contributed by atoms with Crippen molar-refractivity contribution in [1.29, 1.82) is 0 Å². The molecule has 27 heavy (non-hydrogen) atoms. The van der Waals surface area contributed by atoms with Gasteiger partial charge in [0.2, 0.25) is 0 Å². The van der Waals surface area contributed by atoms with Gasteiger partial charge in [-0.2, -0.15) is 0 Å². The molecule has 0 fully saturated rings. The first kappa shape index (κ1) is 21.5. The SMILES string of the molecule is CCCCCCC/C=C(C)/C(=C/N)C(C)(C)Nc1c(F)ccc2c1CCC2. The fourth-order valence-electron chi connectivity index (χ4n) is 4.16. The van der Waals surface area contributed by atoms with Crippen molar-refractivity contribution in [1.82, 2.24) is 0 Å². The van der Waals surface area contributed by atoms with Crippen LogP contribution in [0.2, 0.25) is 0 Å². The van der Waals surface area contributed by atoms with Crippen LogP contribution >= 0.6 is 0 Å². The predicted octanol–water partition coefficient (Wildman–Crippen LogP) is 6.65. The number of nitrogens with one attached hydrogen (secondary N) is 1. The van der Waals surface area contributed by atoms with Crippen LogP contribution in [0, 0.1) is 5.82 Å². The summed E-state index contributed by atoms with van der Waals surface area (Å²) in [6, 6.07) is 3.52. The number of nitrogens with two attached hydrogens (primary N) is 1. The second-order valence-corrected chi connectivity index (χ2v) is 8.33. The number of aryl methyl sites for hydroxylation is 1. The van der Waals surface area contributed by atoms with Gasteiger partial charge in [0.1, 0.15) is 5.82 Å². The van der Waals surface area contributed by atoms with E-state index in [0.717, 1.165) is 36.8 Å². The van der Waals surface area contributed by atoms with Crippen LogP contribution in [0.15, 0.2) is 35.6 Å². The lowest BCUT2D eigenvalue weighted by atomic mass is 9.87. The minimum absolute atomic E-state index is 0.169. The molecule has 3 N–H and O–H groups in total. The molecule has 1 aromatic rings. The Morgan fingerprint density at radius 3 is 2.63 bits per heavy atom. The molecule has 0 radical (unpaired) electrons. The molecule has 0 aliphatic heterocycles. The Bertz CT molecular complexity index is 686. The van der Waals surface area contributed by atoms with Crippen molar-refractivity contribution >= 4 is 5.69 Å². The molecule has 1 aromatic carbocycles. The first-order valence-corrected chi connectivity index (χ1v) is 10.6. The Morgan fingerprint density at radius 2 is 1.93 bits per heavy atom. The Balaban J connectivity index is 2.09. The molecule has 0 spiro atoms. The fraction of sp³-hybridized carbons (Fsp3) is 0.583. The number of fused-ring (bicyclic) bond motifs is 1. The van der Waals surface area contributed by atoms with Gasteiger partial charge in [-0.1, -0.05) is 44.7 Å². The Labute approximate surface area is 165 Å². The molecule has 150 valence electrons. The van der Waals surface area contributed by atoms with Gasteiger partial charge in [-0.05, 0) is 87.4 Å². The van der Waals surface area contributed by atoms with E-state index in [-0.39, 0.29) is 5.82 Å². The lowest BCUT2D eigenvalue weighted by molar-refractivity contribution is 0.608. The number of unbranched alkanes of at least 4 members (excludes halogenated alkanes) is 5. The van der Waals surface area contributed by atoms with Crippen molar-refractivity contribution in [3.05, 3.63) is 52.5 Å². The zero-order valence-corrected chi connectivity index (χ0v) is 17.6. The lowest BCUT2D eigenvalue weighted by Gasteiger charge is -2.32. The highest BCUT2D eigenvalue weighted by Gasteiger charge is 2.28. The smallest absolute Gasteiger partial charge is 0.146 e. The highest BCUT2D eigenvalue weighted by Crippen LogP contribution is 2.35. The van der Waals surface area contributed by atoms with E-state index in [4.69, 9.17) is 5.73 Å². The van der Waals surface area contributed by atoms with Crippen molar-refractivity contribution in [2.45, 2.75) is 91.0 Å². The van der Waals surface area contributed by atoms with E-state index in [1.165, 1.54) is 43.2 Å². The number of allylic oxidation sites excluding steroid dienone is 1. The number of anilines is 1. The zero-order chi connectivity index (χ0) is 19.9. The lowest BCUT2D eigenvalue weighted by Crippen LogP contribution is -2.35. The van der Waals surface area contributed by atoms with Gasteiger partial charge in [0.15, 0.2) is 0 Å². The van der Waals surface area contributed by atoms with E-state index in [0.29, 0.717) is 5.69 Å². The molecule has 0 saturated carbocycles. The van der Waals surface area contributed by atoms with Crippen molar-refractivity contribution < 1.29 is 4.39 Å². The van der Waals surface area contributed by atoms with Gasteiger partial charge >= 0.3 is 0 Å². The Kier molecular flexibility index (Phi) is 7.94. The monoisotopic (exact) mass is 372 g/mol. The third-order valence-electron chi connectivity index (χ3n) is 5.69. The van der Waals surface area contributed by atoms with Crippen LogP contribution in [0.25, 0.3) is 0 Å². The van der Waals surface area contributed by atoms with Crippen molar-refractivity contribution in [2.24, 2.45) is 5.73 Å². The highest BCUT2D eigenvalue weighted by atomic mass is 19.1. The van der Waals surface area contributed by atoms with Crippen molar-refractivity contribution in [3.63, 3.8) is 0 Å². The highest BCUT2D eigenvalue weighted by molar-refractivity contribution is 5.61. The summed E-state index contributed by atoms with van der Waals surface area (Å²) in [6.07, 6.45) is 14.5. The second kappa shape index (κ2) is 9.96. The average molecular weight is 373 g/mol. The third-order valence-corrected chi connectivity index (χ3v) is 5.69. The summed E-state index contributed by atoms with van der Waals surface area (Å²) < 4.78 is 14.6. The average Bonchev–Trinajstić information content (AvgIpc) is 3.10. The van der Waals surface area contributed by atoms with Gasteiger partial charge in [-0.25, -0.2) is 4.39 Å². The van der Waals surface area contributed by atoms with Gasteiger partial charge < -0.3 is 11.1 Å². The first-order valence-electron chi connectivity index (χ1n) is 10.6. The maximum Gasteiger partial charge on any atom is 0.146 e. The Hall–Kier alpha value is -1.77. The summed E-state index contributed by atoms with van der Waals surface area (Å²) in [7, 11) is 0. The fourth-order valence-corrected chi connectivity index (χ4v) is 4.16. The number of hydrogen-bond donors (Lipinski definition) is 2. The molecule has 2 rings (SSSR count). The second-order valence-electron chi connectivity index (χ2n) is 8.33. The van der Waals surface area contributed by atoms with E-state index < -0.39 is 5.54 Å². The summed E-state index contributed by atoms with van der Waals surface area (Å²) in [4.78, 5) is 0. The number of halogens is 1. The summed E-state index contributed by atoms with van der Waals surface area (Å²) in [5.74, 6) is -0.169. The van der Waals surface area contributed by atoms with Crippen LogP contribution in [0.1, 0.15) is 83.8 Å². The molecular weight excluding hydrogens is 335 g/mol. The van der Waals surface area contributed by atoms with E-state index in [9.17, 15) is 4.39 Å². The molecule has 3 heteroatoms. The summed E-state index contributed by atoms with van der Waals surface area (Å²) in [6.45, 7) is 8.51. The summed E-state index contributed by atoms with van der Waals surface area (Å²) >= 11 is 0. The van der Waals surface area contributed by atoms with Crippen LogP contribution in [-0.4, -0.2) is 5.54 Å². The van der Waals surface area contributed by atoms with Crippen LogP contribution in [0.4, 0.5) is 10.1 Å². The molecule has 2 nitrogen and oxygen atoms in total. The maximum atomic E-state index is 14.6. The quantitative estimate of drug-likeness (QED) is 0.356. The van der Waals surface area contributed by atoms with Crippen LogP contribution in [-0.2, 0) is 12.8 Å². The third kappa shape index (κ3) is 5.60. The van der Waals surface area contributed by atoms with Crippen LogP contribution in [0.5, 0.6) is 0 Å². The molecule has 1 aliphatic carbocycles. The topological polar surface area (TPSA) is 38.0 Å². The molecule has 0 amide bonds. The van der Waals surface area contributed by atoms with Crippen molar-refractivity contribution in [2.75, 3.05) is 5.32 Å². The minimum atomic E-state index is -0.434. The minimum Gasteiger partial charge on any atom is -0.404 e. The van der Waals surface area contributed by atoms with Gasteiger partial charge in [-0.15, -0.1) is 0 Å². The molecule has 1 aliphatic rings. The molecule has 0 heterocycles. The molecule has 0 bridgehead atoms. The molecule has 0 atom stereocenters. The van der Waals surface area contributed by atoms with Crippen LogP contribution < -0.4 is 11.1 Å². The molecular formula is C24H37FN2. The Morgan fingerprint density at radius 1 is 1.19 bits per heavy atom. The molecule has 0 aromatic heterocycles. The van der Waals surface area contributed by atoms with Gasteiger partial charge in [0, 0.05) is 0 Å². The van der Waals surface area contributed by atoms with Gasteiger partial charge in [0.25, 0.3) is 0 Å². The predicted molar refractivity (Wildman–Crippen MR) is 116 cm³/mol. The number of rotatable bonds is 10. The molecule has 0 unspecified atom stereocenters. The maximum absolute atomic E-state index is 14.6. The van der Waals surface area contributed by atoms with Gasteiger partial charge in [-0.3, -0.25) is 0 Å². The van der Waals surface area contributed by atoms with Gasteiger partial charge in [0.05, 0.1) is 11.2 Å².